The molecule has 0 fully saturated rings. The van der Waals surface area contributed by atoms with Crippen LogP contribution in [-0.2, 0) is 6.42 Å². The first-order chi connectivity index (χ1) is 6.18. The Labute approximate surface area is 85.3 Å². The van der Waals surface area contributed by atoms with Crippen LogP contribution in [-0.4, -0.2) is 29.4 Å². The van der Waals surface area contributed by atoms with E-state index >= 15 is 0 Å². The second kappa shape index (κ2) is 3.27. The topological polar surface area (TPSA) is 33.2 Å². The molecule has 1 aromatic rings. The fourth-order valence-corrected chi connectivity index (χ4v) is 2.58. The standard InChI is InChI=1S/C8H9ClN2OS/c1-11-4-2-3-5-6(7(11)12)13-8(9)10-5/h2-4H2,1H3. The van der Waals surface area contributed by atoms with Gasteiger partial charge in [0.05, 0.1) is 5.69 Å². The van der Waals surface area contributed by atoms with Gasteiger partial charge in [-0.25, -0.2) is 4.98 Å². The lowest BCUT2D eigenvalue weighted by atomic mass is 10.2. The summed E-state index contributed by atoms with van der Waals surface area (Å²) in [5.41, 5.74) is 0.865. The van der Waals surface area contributed by atoms with E-state index in [0.29, 0.717) is 9.34 Å². The fourth-order valence-electron chi connectivity index (χ4n) is 1.42. The van der Waals surface area contributed by atoms with Crippen LogP contribution in [0.1, 0.15) is 21.8 Å². The van der Waals surface area contributed by atoms with Crippen molar-refractivity contribution in [2.24, 2.45) is 0 Å². The average Bonchev–Trinajstić information content (AvgIpc) is 2.40. The van der Waals surface area contributed by atoms with Crippen LogP contribution in [0.5, 0.6) is 0 Å². The maximum atomic E-state index is 11.7. The van der Waals surface area contributed by atoms with Crippen molar-refractivity contribution < 1.29 is 4.79 Å². The van der Waals surface area contributed by atoms with Crippen molar-refractivity contribution in [2.45, 2.75) is 12.8 Å². The zero-order chi connectivity index (χ0) is 9.42. The normalized spacial score (nSPS) is 17.1. The van der Waals surface area contributed by atoms with Gasteiger partial charge in [0.15, 0.2) is 4.47 Å². The lowest BCUT2D eigenvalue weighted by Crippen LogP contribution is -2.25. The molecule has 0 atom stereocenters. The minimum atomic E-state index is 0.0527. The van der Waals surface area contributed by atoms with Gasteiger partial charge in [0.2, 0.25) is 0 Å². The van der Waals surface area contributed by atoms with E-state index in [4.69, 9.17) is 11.6 Å². The number of aryl methyl sites for hydroxylation is 1. The van der Waals surface area contributed by atoms with Crippen LogP contribution in [0, 0.1) is 0 Å². The molecular formula is C8H9ClN2OS. The van der Waals surface area contributed by atoms with Gasteiger partial charge in [0, 0.05) is 13.6 Å². The van der Waals surface area contributed by atoms with E-state index in [0.717, 1.165) is 25.1 Å². The van der Waals surface area contributed by atoms with Gasteiger partial charge in [0.25, 0.3) is 5.91 Å². The fraction of sp³-hybridized carbons (Fsp3) is 0.500. The highest BCUT2D eigenvalue weighted by molar-refractivity contribution is 7.17. The van der Waals surface area contributed by atoms with Gasteiger partial charge in [-0.1, -0.05) is 22.9 Å². The van der Waals surface area contributed by atoms with E-state index in [1.807, 2.05) is 7.05 Å². The molecule has 0 N–H and O–H groups in total. The SMILES string of the molecule is CN1CCCc2nc(Cl)sc2C1=O. The number of fused-ring (bicyclic) bond motifs is 1. The lowest BCUT2D eigenvalue weighted by molar-refractivity contribution is 0.0804. The van der Waals surface area contributed by atoms with E-state index in [9.17, 15) is 4.79 Å². The van der Waals surface area contributed by atoms with Gasteiger partial charge in [-0.3, -0.25) is 4.79 Å². The quantitative estimate of drug-likeness (QED) is 0.663. The van der Waals surface area contributed by atoms with Gasteiger partial charge in [-0.05, 0) is 12.8 Å². The first-order valence-electron chi connectivity index (χ1n) is 4.09. The number of carbonyl (C=O) groups is 1. The van der Waals surface area contributed by atoms with Crippen molar-refractivity contribution in [3.05, 3.63) is 15.0 Å². The van der Waals surface area contributed by atoms with Crippen LogP contribution < -0.4 is 0 Å². The van der Waals surface area contributed by atoms with Crippen LogP contribution in [0.25, 0.3) is 0 Å². The molecule has 70 valence electrons. The molecule has 0 spiro atoms. The van der Waals surface area contributed by atoms with Crippen LogP contribution >= 0.6 is 22.9 Å². The van der Waals surface area contributed by atoms with Crippen molar-refractivity contribution in [2.75, 3.05) is 13.6 Å². The molecule has 0 bridgehead atoms. The Balaban J connectivity index is 2.45. The maximum Gasteiger partial charge on any atom is 0.265 e. The summed E-state index contributed by atoms with van der Waals surface area (Å²) in [6, 6.07) is 0. The molecule has 0 saturated carbocycles. The Kier molecular flexibility index (Phi) is 2.26. The molecule has 0 aliphatic carbocycles. The molecule has 13 heavy (non-hydrogen) atoms. The number of hydrogen-bond acceptors (Lipinski definition) is 3. The van der Waals surface area contributed by atoms with Crippen LogP contribution in [0.4, 0.5) is 0 Å². The van der Waals surface area contributed by atoms with E-state index in [2.05, 4.69) is 4.98 Å². The number of carbonyl (C=O) groups excluding carboxylic acids is 1. The van der Waals surface area contributed by atoms with E-state index in [1.165, 1.54) is 11.3 Å². The molecule has 3 nitrogen and oxygen atoms in total. The molecule has 0 aromatic carbocycles. The molecular weight excluding hydrogens is 208 g/mol. The molecule has 0 saturated heterocycles. The van der Waals surface area contributed by atoms with Gasteiger partial charge in [-0.15, -0.1) is 0 Å². The molecule has 1 aliphatic rings. The monoisotopic (exact) mass is 216 g/mol. The first kappa shape index (κ1) is 8.97. The highest BCUT2D eigenvalue weighted by Crippen LogP contribution is 2.26. The van der Waals surface area contributed by atoms with E-state index in [1.54, 1.807) is 4.90 Å². The first-order valence-corrected chi connectivity index (χ1v) is 5.28. The van der Waals surface area contributed by atoms with E-state index in [-0.39, 0.29) is 5.91 Å². The van der Waals surface area contributed by atoms with Gasteiger partial charge < -0.3 is 4.90 Å². The Hall–Kier alpha value is -0.610. The Bertz CT molecular complexity index is 350. The summed E-state index contributed by atoms with van der Waals surface area (Å²) in [6.45, 7) is 0.805. The zero-order valence-corrected chi connectivity index (χ0v) is 8.78. The largest absolute Gasteiger partial charge is 0.341 e. The number of amides is 1. The third kappa shape index (κ3) is 1.56. The average molecular weight is 217 g/mol. The lowest BCUT2D eigenvalue weighted by Gasteiger charge is -2.12. The molecule has 1 aromatic heterocycles. The summed E-state index contributed by atoms with van der Waals surface area (Å²) in [5, 5.41) is 0. The summed E-state index contributed by atoms with van der Waals surface area (Å²) in [5.74, 6) is 0.0527. The molecule has 2 rings (SSSR count). The van der Waals surface area contributed by atoms with Gasteiger partial charge >= 0.3 is 0 Å². The Morgan fingerprint density at radius 1 is 1.62 bits per heavy atom. The summed E-state index contributed by atoms with van der Waals surface area (Å²) in [4.78, 5) is 18.3. The third-order valence-corrected chi connectivity index (χ3v) is 3.31. The number of rotatable bonds is 0. The van der Waals surface area contributed by atoms with Crippen molar-refractivity contribution in [3.63, 3.8) is 0 Å². The van der Waals surface area contributed by atoms with Crippen molar-refractivity contribution in [3.8, 4) is 0 Å². The number of aromatic nitrogens is 1. The highest BCUT2D eigenvalue weighted by atomic mass is 35.5. The second-order valence-corrected chi connectivity index (χ2v) is 4.65. The van der Waals surface area contributed by atoms with Crippen molar-refractivity contribution >= 4 is 28.8 Å². The Morgan fingerprint density at radius 3 is 3.15 bits per heavy atom. The molecule has 5 heteroatoms. The second-order valence-electron chi connectivity index (χ2n) is 3.07. The smallest absolute Gasteiger partial charge is 0.265 e. The third-order valence-electron chi connectivity index (χ3n) is 2.12. The van der Waals surface area contributed by atoms with Crippen molar-refractivity contribution in [1.82, 2.24) is 9.88 Å². The zero-order valence-electron chi connectivity index (χ0n) is 7.21. The van der Waals surface area contributed by atoms with Crippen LogP contribution in [0.3, 0.4) is 0 Å². The molecule has 1 aliphatic heterocycles. The van der Waals surface area contributed by atoms with E-state index < -0.39 is 0 Å². The van der Waals surface area contributed by atoms with Gasteiger partial charge in [-0.2, -0.15) is 0 Å². The molecule has 0 radical (unpaired) electrons. The molecule has 1 amide bonds. The maximum absolute atomic E-state index is 11.7. The minimum Gasteiger partial charge on any atom is -0.341 e. The van der Waals surface area contributed by atoms with Crippen molar-refractivity contribution in [1.29, 1.82) is 0 Å². The summed E-state index contributed by atoms with van der Waals surface area (Å²) in [7, 11) is 1.81. The number of thiazole rings is 1. The number of hydrogen-bond donors (Lipinski definition) is 0. The van der Waals surface area contributed by atoms with Gasteiger partial charge in [0.1, 0.15) is 4.88 Å². The molecule has 2 heterocycles. The summed E-state index contributed by atoms with van der Waals surface area (Å²) >= 11 is 7.03. The summed E-state index contributed by atoms with van der Waals surface area (Å²) in [6.07, 6.45) is 1.82. The number of nitrogens with zero attached hydrogens (tertiary/aromatic N) is 2. The predicted octanol–water partition coefficient (Wildman–Crippen LogP) is 1.81. The highest BCUT2D eigenvalue weighted by Gasteiger charge is 2.23. The summed E-state index contributed by atoms with van der Waals surface area (Å²) < 4.78 is 0.466. The minimum absolute atomic E-state index is 0.0527. The van der Waals surface area contributed by atoms with Crippen LogP contribution in [0.15, 0.2) is 0 Å². The van der Waals surface area contributed by atoms with Crippen LogP contribution in [0.2, 0.25) is 4.47 Å². The molecule has 0 unspecified atom stereocenters. The Morgan fingerprint density at radius 2 is 2.38 bits per heavy atom. The predicted molar refractivity (Wildman–Crippen MR) is 52.4 cm³/mol. The number of halogens is 1.